The molecule has 7 heteroatoms. The Morgan fingerprint density at radius 1 is 1.31 bits per heavy atom. The van der Waals surface area contributed by atoms with E-state index in [1.54, 1.807) is 0 Å². The molecule has 2 bridgehead atoms. The molecule has 142 valence electrons. The van der Waals surface area contributed by atoms with Crippen molar-refractivity contribution >= 4 is 35.4 Å². The predicted molar refractivity (Wildman–Crippen MR) is 105 cm³/mol. The second kappa shape index (κ2) is 7.84. The molecule has 1 unspecified atom stereocenters. The van der Waals surface area contributed by atoms with Gasteiger partial charge in [-0.1, -0.05) is 6.07 Å². The molecular weight excluding hydrogens is 352 g/mol. The number of carbonyl (C=O) groups is 1. The third-order valence-corrected chi connectivity index (χ3v) is 5.66. The Morgan fingerprint density at radius 2 is 2.04 bits per heavy atom. The number of halogens is 1. The van der Waals surface area contributed by atoms with Gasteiger partial charge < -0.3 is 19.5 Å². The van der Waals surface area contributed by atoms with Crippen LogP contribution in [0, 0.1) is 5.92 Å². The molecule has 4 heterocycles. The summed E-state index contributed by atoms with van der Waals surface area (Å²) < 4.78 is 5.87. The van der Waals surface area contributed by atoms with Gasteiger partial charge in [-0.25, -0.2) is 0 Å². The van der Waals surface area contributed by atoms with Crippen LogP contribution in [0.4, 0.5) is 6.01 Å². The number of nitrogens with zero attached hydrogens (tertiary/aromatic N) is 3. The topological polar surface area (TPSA) is 61.6 Å². The van der Waals surface area contributed by atoms with Crippen molar-refractivity contribution in [3.63, 3.8) is 0 Å². The molecular formula is C19H27ClN4O2. The highest BCUT2D eigenvalue weighted by Crippen LogP contribution is 2.29. The summed E-state index contributed by atoms with van der Waals surface area (Å²) in [4.78, 5) is 22.0. The van der Waals surface area contributed by atoms with E-state index in [0.29, 0.717) is 28.6 Å². The summed E-state index contributed by atoms with van der Waals surface area (Å²) in [5.41, 5.74) is 1.93. The third-order valence-electron chi connectivity index (χ3n) is 5.66. The first-order chi connectivity index (χ1) is 12.2. The summed E-state index contributed by atoms with van der Waals surface area (Å²) in [7, 11) is 0. The zero-order chi connectivity index (χ0) is 17.4. The molecule has 0 spiro atoms. The van der Waals surface area contributed by atoms with E-state index in [2.05, 4.69) is 33.9 Å². The molecule has 3 aliphatic heterocycles. The zero-order valence-electron chi connectivity index (χ0n) is 15.4. The number of carbonyl (C=O) groups excluding carboxylic acids is 1. The van der Waals surface area contributed by atoms with E-state index in [1.807, 2.05) is 18.2 Å². The largest absolute Gasteiger partial charge is 0.423 e. The minimum atomic E-state index is -0.0382. The number of nitrogens with one attached hydrogen (secondary N) is 1. The van der Waals surface area contributed by atoms with E-state index < -0.39 is 0 Å². The first-order valence-electron chi connectivity index (χ1n) is 9.37. The molecule has 0 aliphatic carbocycles. The third kappa shape index (κ3) is 3.40. The van der Waals surface area contributed by atoms with E-state index >= 15 is 0 Å². The number of rotatable bonds is 5. The van der Waals surface area contributed by atoms with Crippen LogP contribution in [0.1, 0.15) is 37.0 Å². The molecule has 0 radical (unpaired) electrons. The molecule has 0 saturated carbocycles. The lowest BCUT2D eigenvalue weighted by Crippen LogP contribution is -2.57. The van der Waals surface area contributed by atoms with Gasteiger partial charge in [0.05, 0.1) is 5.56 Å². The molecule has 1 N–H and O–H groups in total. The first-order valence-corrected chi connectivity index (χ1v) is 9.37. The van der Waals surface area contributed by atoms with Crippen molar-refractivity contribution in [2.75, 3.05) is 37.6 Å². The van der Waals surface area contributed by atoms with Crippen molar-refractivity contribution in [2.45, 2.75) is 32.7 Å². The summed E-state index contributed by atoms with van der Waals surface area (Å²) in [6.45, 7) is 9.09. The Morgan fingerprint density at radius 3 is 2.65 bits per heavy atom. The number of amides is 1. The van der Waals surface area contributed by atoms with Crippen LogP contribution in [-0.2, 0) is 0 Å². The average Bonchev–Trinajstić information content (AvgIpc) is 3.07. The van der Waals surface area contributed by atoms with Crippen molar-refractivity contribution in [1.29, 1.82) is 0 Å². The number of hydrogen-bond acceptors (Lipinski definition) is 5. The van der Waals surface area contributed by atoms with Crippen LogP contribution < -0.4 is 10.2 Å². The van der Waals surface area contributed by atoms with Gasteiger partial charge in [-0.15, -0.1) is 12.4 Å². The SMILES string of the molecule is CCN(CC)c1nc2c(C(=O)NC3CN4CCC3CC4)cccc2o1.Cl. The van der Waals surface area contributed by atoms with Gasteiger partial charge in [-0.2, -0.15) is 4.98 Å². The first kappa shape index (κ1) is 19.0. The smallest absolute Gasteiger partial charge is 0.298 e. The highest BCUT2D eigenvalue weighted by Gasteiger charge is 2.35. The molecule has 1 amide bonds. The number of piperidine rings is 3. The van der Waals surface area contributed by atoms with Crippen molar-refractivity contribution in [3.8, 4) is 0 Å². The molecule has 1 atom stereocenters. The molecule has 3 aliphatic rings. The number of para-hydroxylation sites is 1. The second-order valence-electron chi connectivity index (χ2n) is 7.04. The van der Waals surface area contributed by atoms with Gasteiger partial charge in [-0.05, 0) is 57.8 Å². The van der Waals surface area contributed by atoms with Crippen molar-refractivity contribution in [3.05, 3.63) is 23.8 Å². The second-order valence-corrected chi connectivity index (χ2v) is 7.04. The number of hydrogen-bond donors (Lipinski definition) is 1. The number of fused-ring (bicyclic) bond motifs is 4. The lowest BCUT2D eigenvalue weighted by molar-refractivity contribution is 0.0621. The summed E-state index contributed by atoms with van der Waals surface area (Å²) in [6.07, 6.45) is 2.37. The Labute approximate surface area is 160 Å². The molecule has 26 heavy (non-hydrogen) atoms. The number of aromatic nitrogens is 1. The lowest BCUT2D eigenvalue weighted by atomic mass is 9.84. The van der Waals surface area contributed by atoms with Crippen LogP contribution in [0.15, 0.2) is 22.6 Å². The molecule has 5 rings (SSSR count). The van der Waals surface area contributed by atoms with Gasteiger partial charge in [0.25, 0.3) is 11.9 Å². The van der Waals surface area contributed by atoms with Gasteiger partial charge >= 0.3 is 0 Å². The summed E-state index contributed by atoms with van der Waals surface area (Å²) in [6, 6.07) is 6.42. The van der Waals surface area contributed by atoms with Crippen molar-refractivity contribution in [2.24, 2.45) is 5.92 Å². The summed E-state index contributed by atoms with van der Waals surface area (Å²) >= 11 is 0. The van der Waals surface area contributed by atoms with Crippen LogP contribution in [0.3, 0.4) is 0 Å². The predicted octanol–water partition coefficient (Wildman–Crippen LogP) is 2.92. The number of benzene rings is 1. The maximum absolute atomic E-state index is 12.9. The number of oxazole rings is 1. The van der Waals surface area contributed by atoms with Crippen molar-refractivity contribution in [1.82, 2.24) is 15.2 Å². The minimum absolute atomic E-state index is 0. The maximum Gasteiger partial charge on any atom is 0.298 e. The molecule has 1 aromatic carbocycles. The van der Waals surface area contributed by atoms with Gasteiger partial charge in [-0.3, -0.25) is 4.79 Å². The van der Waals surface area contributed by atoms with Crippen LogP contribution in [0.2, 0.25) is 0 Å². The molecule has 2 aromatic rings. The Bertz CT molecular complexity index is 766. The number of anilines is 1. The summed E-state index contributed by atoms with van der Waals surface area (Å²) in [5, 5.41) is 3.25. The van der Waals surface area contributed by atoms with E-state index in [1.165, 1.54) is 25.9 Å². The Balaban J connectivity index is 0.00000196. The van der Waals surface area contributed by atoms with Crippen LogP contribution in [-0.4, -0.2) is 54.6 Å². The quantitative estimate of drug-likeness (QED) is 0.866. The zero-order valence-corrected chi connectivity index (χ0v) is 16.2. The minimum Gasteiger partial charge on any atom is -0.423 e. The standard InChI is InChI=1S/C19H26N4O2.ClH/c1-3-23(4-2)19-21-17-14(6-5-7-16(17)25-19)18(24)20-15-12-22-10-8-13(15)9-11-22;/h5-7,13,15H,3-4,8-12H2,1-2H3,(H,20,24);1H. The molecule has 3 saturated heterocycles. The van der Waals surface area contributed by atoms with Crippen LogP contribution in [0.25, 0.3) is 11.1 Å². The monoisotopic (exact) mass is 378 g/mol. The normalized spacial score (nSPS) is 24.3. The van der Waals surface area contributed by atoms with E-state index in [4.69, 9.17) is 4.42 Å². The highest BCUT2D eigenvalue weighted by molar-refractivity contribution is 6.04. The Kier molecular flexibility index (Phi) is 5.73. The molecule has 3 fully saturated rings. The van der Waals surface area contributed by atoms with Gasteiger partial charge in [0.2, 0.25) is 0 Å². The Hall–Kier alpha value is -1.79. The van der Waals surface area contributed by atoms with Gasteiger partial charge in [0, 0.05) is 25.7 Å². The molecule has 6 nitrogen and oxygen atoms in total. The fourth-order valence-corrected chi connectivity index (χ4v) is 4.12. The van der Waals surface area contributed by atoms with E-state index in [-0.39, 0.29) is 24.4 Å². The fraction of sp³-hybridized carbons (Fsp3) is 0.579. The van der Waals surface area contributed by atoms with E-state index in [9.17, 15) is 4.79 Å². The fourth-order valence-electron chi connectivity index (χ4n) is 4.12. The van der Waals surface area contributed by atoms with Crippen LogP contribution in [0.5, 0.6) is 0 Å². The lowest BCUT2D eigenvalue weighted by Gasteiger charge is -2.44. The molecule has 1 aromatic heterocycles. The summed E-state index contributed by atoms with van der Waals surface area (Å²) in [5.74, 6) is 0.570. The van der Waals surface area contributed by atoms with Gasteiger partial charge in [0.1, 0.15) is 5.52 Å². The highest BCUT2D eigenvalue weighted by atomic mass is 35.5. The van der Waals surface area contributed by atoms with Crippen LogP contribution >= 0.6 is 12.4 Å². The van der Waals surface area contributed by atoms with Gasteiger partial charge in [0.15, 0.2) is 5.58 Å². The van der Waals surface area contributed by atoms with E-state index in [0.717, 1.165) is 19.6 Å². The average molecular weight is 379 g/mol. The van der Waals surface area contributed by atoms with Crippen molar-refractivity contribution < 1.29 is 9.21 Å². The maximum atomic E-state index is 12.9.